The molecule has 9 heteroatoms. The first-order chi connectivity index (χ1) is 20.0. The first-order valence-corrected chi connectivity index (χ1v) is 14.2. The number of carbonyl (C=O) groups is 1. The molecule has 4 heterocycles. The fraction of sp³-hybridized carbons (Fsp3) is 0.281. The number of hydrogen-bond donors (Lipinski definition) is 1. The van der Waals surface area contributed by atoms with Crippen molar-refractivity contribution in [2.24, 2.45) is 0 Å². The van der Waals surface area contributed by atoms with E-state index in [0.29, 0.717) is 10.7 Å². The van der Waals surface area contributed by atoms with E-state index in [0.717, 1.165) is 60.3 Å². The summed E-state index contributed by atoms with van der Waals surface area (Å²) >= 11 is 5.97. The number of thiocarbonyl (C=S) groups is 1. The summed E-state index contributed by atoms with van der Waals surface area (Å²) in [5, 5.41) is 4.24. The van der Waals surface area contributed by atoms with Gasteiger partial charge in [-0.2, -0.15) is 0 Å². The maximum absolute atomic E-state index is 12.0. The highest BCUT2D eigenvalue weighted by atomic mass is 32.1. The molecule has 8 nitrogen and oxygen atoms in total. The monoisotopic (exact) mass is 567 g/mol. The number of ether oxygens (including phenoxy) is 2. The molecule has 6 rings (SSSR count). The molecule has 0 spiro atoms. The van der Waals surface area contributed by atoms with Crippen molar-refractivity contribution in [2.75, 3.05) is 43.2 Å². The Balaban J connectivity index is 1.41. The van der Waals surface area contributed by atoms with E-state index in [9.17, 15) is 4.79 Å². The number of anilines is 2. The van der Waals surface area contributed by atoms with Crippen LogP contribution in [-0.4, -0.2) is 54.0 Å². The first-order valence-electron chi connectivity index (χ1n) is 13.8. The zero-order valence-corrected chi connectivity index (χ0v) is 24.2. The van der Waals surface area contributed by atoms with E-state index in [1.807, 2.05) is 36.5 Å². The number of pyridine rings is 1. The van der Waals surface area contributed by atoms with Crippen molar-refractivity contribution in [3.05, 3.63) is 107 Å². The molecule has 41 heavy (non-hydrogen) atoms. The smallest absolute Gasteiger partial charge is 0.337 e. The Morgan fingerprint density at radius 1 is 0.976 bits per heavy atom. The zero-order chi connectivity index (χ0) is 28.5. The molecule has 0 saturated carbocycles. The number of aromatic nitrogens is 2. The number of rotatable bonds is 6. The molecule has 2 saturated heterocycles. The van der Waals surface area contributed by atoms with Crippen LogP contribution >= 0.6 is 12.2 Å². The van der Waals surface area contributed by atoms with Gasteiger partial charge in [-0.15, -0.1) is 0 Å². The van der Waals surface area contributed by atoms with Gasteiger partial charge < -0.3 is 29.2 Å². The van der Waals surface area contributed by atoms with Crippen molar-refractivity contribution in [3.63, 3.8) is 0 Å². The summed E-state index contributed by atoms with van der Waals surface area (Å²) in [7, 11) is 1.39. The van der Waals surface area contributed by atoms with Crippen LogP contribution in [0.4, 0.5) is 11.4 Å². The lowest BCUT2D eigenvalue weighted by Crippen LogP contribution is -2.36. The van der Waals surface area contributed by atoms with E-state index in [1.165, 1.54) is 12.8 Å². The lowest BCUT2D eigenvalue weighted by atomic mass is 9.96. The molecule has 210 valence electrons. The van der Waals surface area contributed by atoms with Gasteiger partial charge in [0.2, 0.25) is 0 Å². The molecular formula is C32H33N5O3S. The first kappa shape index (κ1) is 27.0. The van der Waals surface area contributed by atoms with Gasteiger partial charge in [0, 0.05) is 47.7 Å². The van der Waals surface area contributed by atoms with Gasteiger partial charge in [0.25, 0.3) is 0 Å². The molecule has 2 aliphatic heterocycles. The van der Waals surface area contributed by atoms with Crippen LogP contribution in [0.15, 0.2) is 79.0 Å². The second-order valence-corrected chi connectivity index (χ2v) is 10.7. The molecule has 0 radical (unpaired) electrons. The summed E-state index contributed by atoms with van der Waals surface area (Å²) in [6, 6.07) is 24.1. The molecule has 0 bridgehead atoms. The average Bonchev–Trinajstić information content (AvgIpc) is 3.52. The summed E-state index contributed by atoms with van der Waals surface area (Å²) in [5.74, 6) is -0.350. The number of nitrogens with one attached hydrogen (secondary N) is 1. The number of carbonyl (C=O) groups excluding carboxylic acids is 1. The Morgan fingerprint density at radius 2 is 1.66 bits per heavy atom. The third kappa shape index (κ3) is 5.07. The second-order valence-electron chi connectivity index (χ2n) is 10.3. The Labute approximate surface area is 245 Å². The highest BCUT2D eigenvalue weighted by molar-refractivity contribution is 7.80. The molecular weight excluding hydrogens is 534 g/mol. The Kier molecular flexibility index (Phi) is 7.47. The third-order valence-electron chi connectivity index (χ3n) is 7.94. The number of esters is 1. The van der Waals surface area contributed by atoms with Crippen molar-refractivity contribution in [3.8, 4) is 5.69 Å². The van der Waals surface area contributed by atoms with E-state index < -0.39 is 0 Å². The molecule has 0 unspecified atom stereocenters. The van der Waals surface area contributed by atoms with Crippen LogP contribution in [0.1, 0.15) is 45.1 Å². The number of methoxy groups -OCH3 is 1. The van der Waals surface area contributed by atoms with Gasteiger partial charge in [-0.25, -0.2) is 4.79 Å². The minimum absolute atomic E-state index is 0.124. The van der Waals surface area contributed by atoms with E-state index in [4.69, 9.17) is 26.7 Å². The predicted molar refractivity (Wildman–Crippen MR) is 164 cm³/mol. The molecule has 1 N–H and O–H groups in total. The number of hydrogen-bond acceptors (Lipinski definition) is 6. The number of aryl methyl sites for hydroxylation is 1. The Bertz CT molecular complexity index is 1550. The van der Waals surface area contributed by atoms with Crippen molar-refractivity contribution < 1.29 is 14.3 Å². The maximum Gasteiger partial charge on any atom is 0.337 e. The fourth-order valence-electron chi connectivity index (χ4n) is 5.94. The van der Waals surface area contributed by atoms with Crippen molar-refractivity contribution >= 4 is 34.7 Å². The van der Waals surface area contributed by atoms with E-state index in [1.54, 1.807) is 12.1 Å². The van der Waals surface area contributed by atoms with E-state index in [-0.39, 0.29) is 18.1 Å². The molecule has 2 fully saturated rings. The summed E-state index contributed by atoms with van der Waals surface area (Å²) < 4.78 is 12.6. The van der Waals surface area contributed by atoms with Gasteiger partial charge in [0.05, 0.1) is 43.7 Å². The molecule has 2 aromatic carbocycles. The molecule has 2 aliphatic rings. The summed E-state index contributed by atoms with van der Waals surface area (Å²) in [6.45, 7) is 7.50. The minimum atomic E-state index is -0.350. The average molecular weight is 568 g/mol. The van der Waals surface area contributed by atoms with Crippen LogP contribution in [0.3, 0.4) is 0 Å². The van der Waals surface area contributed by atoms with Gasteiger partial charge in [-0.1, -0.05) is 6.07 Å². The molecule has 0 aliphatic carbocycles. The van der Waals surface area contributed by atoms with Crippen LogP contribution in [-0.2, 0) is 9.47 Å². The fourth-order valence-corrected chi connectivity index (χ4v) is 6.29. The van der Waals surface area contributed by atoms with Crippen LogP contribution in [0, 0.1) is 13.8 Å². The van der Waals surface area contributed by atoms with E-state index >= 15 is 0 Å². The van der Waals surface area contributed by atoms with Crippen LogP contribution in [0.25, 0.3) is 5.69 Å². The number of benzene rings is 2. The standard InChI is InChI=1S/C32H33N5O3S/c1-21-20-27(22(2)36(21)25-9-7-23(8-10-25)31(38)39-3)30-29(28-6-4-5-15-33-28)34-32(41)37(30)26-13-11-24(12-14-26)35-16-18-40-19-17-35/h4-15,20,29-30H,16-19H2,1-3H3,(H,34,41)/t29-,30+/m0/s1. The maximum atomic E-state index is 12.0. The summed E-state index contributed by atoms with van der Waals surface area (Å²) in [6.07, 6.45) is 1.82. The SMILES string of the molecule is COC(=O)c1ccc(-n2c(C)cc([C@@H]3[C@H](c4ccccn4)NC(=S)N3c3ccc(N4CCOCC4)cc3)c2C)cc1. The zero-order valence-electron chi connectivity index (χ0n) is 23.4. The van der Waals surface area contributed by atoms with Gasteiger partial charge in [-0.05, 0) is 98.4 Å². The Hall–Kier alpha value is -4.21. The molecule has 4 aromatic rings. The topological polar surface area (TPSA) is 71.9 Å². The largest absolute Gasteiger partial charge is 0.465 e. The van der Waals surface area contributed by atoms with Crippen LogP contribution < -0.4 is 15.1 Å². The van der Waals surface area contributed by atoms with Crippen molar-refractivity contribution in [2.45, 2.75) is 25.9 Å². The molecule has 0 amide bonds. The van der Waals surface area contributed by atoms with Gasteiger partial charge in [0.1, 0.15) is 0 Å². The third-order valence-corrected chi connectivity index (χ3v) is 8.25. The highest BCUT2D eigenvalue weighted by Gasteiger charge is 2.42. The van der Waals surface area contributed by atoms with Crippen LogP contribution in [0.2, 0.25) is 0 Å². The summed E-state index contributed by atoms with van der Waals surface area (Å²) in [4.78, 5) is 21.3. The summed E-state index contributed by atoms with van der Waals surface area (Å²) in [5.41, 5.74) is 7.97. The van der Waals surface area contributed by atoms with Gasteiger partial charge >= 0.3 is 5.97 Å². The number of nitrogens with zero attached hydrogens (tertiary/aromatic N) is 4. The minimum Gasteiger partial charge on any atom is -0.465 e. The van der Waals surface area contributed by atoms with Gasteiger partial charge in [-0.3, -0.25) is 4.98 Å². The van der Waals surface area contributed by atoms with Crippen molar-refractivity contribution in [1.82, 2.24) is 14.9 Å². The highest BCUT2D eigenvalue weighted by Crippen LogP contribution is 2.44. The normalized spacial score (nSPS) is 18.9. The quantitative estimate of drug-likeness (QED) is 0.249. The molecule has 2 atom stereocenters. The molecule has 2 aromatic heterocycles. The predicted octanol–water partition coefficient (Wildman–Crippen LogP) is 5.29. The lowest BCUT2D eigenvalue weighted by Gasteiger charge is -2.31. The van der Waals surface area contributed by atoms with Crippen molar-refractivity contribution in [1.29, 1.82) is 0 Å². The Morgan fingerprint density at radius 3 is 2.32 bits per heavy atom. The van der Waals surface area contributed by atoms with Crippen LogP contribution in [0.5, 0.6) is 0 Å². The van der Waals surface area contributed by atoms with E-state index in [2.05, 4.69) is 63.9 Å². The number of morpholine rings is 1. The second kappa shape index (κ2) is 11.3. The van der Waals surface area contributed by atoms with Gasteiger partial charge in [0.15, 0.2) is 5.11 Å². The lowest BCUT2D eigenvalue weighted by molar-refractivity contribution is 0.0600.